The van der Waals surface area contributed by atoms with Crippen LogP contribution in [0, 0.1) is 0 Å². The molecule has 0 fully saturated rings. The molecule has 0 saturated heterocycles. The maximum atomic E-state index is 11.6. The second-order valence-corrected chi connectivity index (χ2v) is 3.79. The van der Waals surface area contributed by atoms with Gasteiger partial charge in [-0.15, -0.1) is 0 Å². The largest absolute Gasteiger partial charge is 0.334 e. The number of allylic oxidation sites excluding steroid dienone is 6. The van der Waals surface area contributed by atoms with E-state index in [1.807, 2.05) is 12.2 Å². The van der Waals surface area contributed by atoms with Crippen LogP contribution in [0.15, 0.2) is 86.1 Å². The lowest BCUT2D eigenvalue weighted by Gasteiger charge is -2.08. The fourth-order valence-electron chi connectivity index (χ4n) is 1.29. The minimum absolute atomic E-state index is 0.247. The smallest absolute Gasteiger partial charge is 0.315 e. The quantitative estimate of drug-likeness (QED) is 0.489. The summed E-state index contributed by atoms with van der Waals surface area (Å²) in [6, 6.07) is -0.247. The summed E-state index contributed by atoms with van der Waals surface area (Å²) in [5, 5.41) is 5.50. The second-order valence-electron chi connectivity index (χ2n) is 3.79. The van der Waals surface area contributed by atoms with Gasteiger partial charge in [-0.3, -0.25) is 0 Å². The van der Waals surface area contributed by atoms with Crippen molar-refractivity contribution in [1.29, 1.82) is 0 Å². The average Bonchev–Trinajstić information content (AvgIpc) is 2.64. The number of rotatable bonds is 9. The fourth-order valence-corrected chi connectivity index (χ4v) is 1.29. The molecule has 6 N–H and O–H groups in total. The average molecular weight is 332 g/mol. The maximum absolute atomic E-state index is 11.6. The Kier molecular flexibility index (Phi) is 24.8. The van der Waals surface area contributed by atoms with Gasteiger partial charge in [0.15, 0.2) is 0 Å². The molecule has 24 heavy (non-hydrogen) atoms. The first kappa shape index (κ1) is 26.3. The molecule has 0 aliphatic heterocycles. The summed E-state index contributed by atoms with van der Waals surface area (Å²) in [7, 11) is 3.00. The first-order valence-corrected chi connectivity index (χ1v) is 7.39. The molecule has 0 heterocycles. The molecule has 0 atom stereocenters. The molecule has 5 nitrogen and oxygen atoms in total. The van der Waals surface area contributed by atoms with E-state index in [4.69, 9.17) is 0 Å². The van der Waals surface area contributed by atoms with E-state index in [0.29, 0.717) is 13.1 Å². The summed E-state index contributed by atoms with van der Waals surface area (Å²) in [6.45, 7) is 15.3. The Hall–Kier alpha value is -2.63. The fraction of sp³-hybridized carbons (Fsp3) is 0.211. The van der Waals surface area contributed by atoms with Crippen molar-refractivity contribution < 1.29 is 4.79 Å². The summed E-state index contributed by atoms with van der Waals surface area (Å²) in [6.07, 6.45) is 14.0. The van der Waals surface area contributed by atoms with E-state index >= 15 is 0 Å². The molecule has 0 aliphatic carbocycles. The first-order valence-electron chi connectivity index (χ1n) is 7.39. The number of nitrogens with two attached hydrogens (primary N) is 2. The van der Waals surface area contributed by atoms with E-state index in [9.17, 15) is 4.79 Å². The van der Waals surface area contributed by atoms with Gasteiger partial charge in [0.25, 0.3) is 0 Å². The van der Waals surface area contributed by atoms with Crippen LogP contribution >= 0.6 is 0 Å². The molecule has 0 unspecified atom stereocenters. The molecule has 134 valence electrons. The van der Waals surface area contributed by atoms with Crippen LogP contribution in [0.3, 0.4) is 0 Å². The summed E-state index contributed by atoms with van der Waals surface area (Å²) in [4.78, 5) is 11.6. The summed E-state index contributed by atoms with van der Waals surface area (Å²) in [5.41, 5.74) is 10.8. The molecule has 0 aromatic heterocycles. The maximum Gasteiger partial charge on any atom is 0.315 e. The number of amides is 2. The highest BCUT2D eigenvalue weighted by atomic mass is 16.2. The third kappa shape index (κ3) is 17.4. The Balaban J connectivity index is -0.00000102. The molecule has 0 bridgehead atoms. The van der Waals surface area contributed by atoms with Crippen molar-refractivity contribution >= 4 is 6.03 Å². The van der Waals surface area contributed by atoms with Gasteiger partial charge in [-0.05, 0) is 25.2 Å². The van der Waals surface area contributed by atoms with Crippen molar-refractivity contribution in [3.63, 3.8) is 0 Å². The minimum atomic E-state index is -0.247. The van der Waals surface area contributed by atoms with Crippen LogP contribution < -0.4 is 22.1 Å². The third-order valence-electron chi connectivity index (χ3n) is 2.28. The molecular weight excluding hydrogens is 300 g/mol. The lowest BCUT2D eigenvalue weighted by atomic mass is 10.2. The summed E-state index contributed by atoms with van der Waals surface area (Å²) >= 11 is 0. The third-order valence-corrected chi connectivity index (χ3v) is 2.28. The van der Waals surface area contributed by atoms with E-state index in [1.54, 1.807) is 36.5 Å². The first-order chi connectivity index (χ1) is 11.7. The molecule has 0 spiro atoms. The standard InChI is InChI=1S/C17H22N2O.2CH5N/c1-5-9-12-16(11-7-3)14-19-17(20)18-13-15(8-4)10-6-2;2*1-2/h5-12H,1-4,13-14H2,(H2,18,19,20);2*2H2,1H3/b12-9-,15-10+,16-11+;;. The SMILES string of the molecule is C=C/C=C\C(=C/C=C)CNC(=O)NC/C(C=C)=C/C=C.CN.CN. The lowest BCUT2D eigenvalue weighted by Crippen LogP contribution is -2.37. The van der Waals surface area contributed by atoms with Gasteiger partial charge < -0.3 is 22.1 Å². The molecule has 5 heteroatoms. The minimum Gasteiger partial charge on any atom is -0.334 e. The van der Waals surface area contributed by atoms with Crippen molar-refractivity contribution in [3.8, 4) is 0 Å². The van der Waals surface area contributed by atoms with Crippen LogP contribution in [0.2, 0.25) is 0 Å². The Morgan fingerprint density at radius 2 is 1.29 bits per heavy atom. The molecular formula is C19H32N4O. The van der Waals surface area contributed by atoms with E-state index in [2.05, 4.69) is 48.4 Å². The Labute approximate surface area is 146 Å². The number of carbonyl (C=O) groups excluding carboxylic acids is 1. The molecule has 0 aliphatic rings. The van der Waals surface area contributed by atoms with Gasteiger partial charge in [0.2, 0.25) is 0 Å². The molecule has 0 radical (unpaired) electrons. The monoisotopic (exact) mass is 332 g/mol. The predicted molar refractivity (Wildman–Crippen MR) is 108 cm³/mol. The number of carbonyl (C=O) groups is 1. The highest BCUT2D eigenvalue weighted by Crippen LogP contribution is 1.97. The zero-order chi connectivity index (χ0) is 19.2. The van der Waals surface area contributed by atoms with Gasteiger partial charge in [-0.25, -0.2) is 4.79 Å². The molecule has 2 amide bonds. The lowest BCUT2D eigenvalue weighted by molar-refractivity contribution is 0.242. The van der Waals surface area contributed by atoms with Crippen LogP contribution in [0.5, 0.6) is 0 Å². The normalized spacial score (nSPS) is 10.3. The zero-order valence-corrected chi connectivity index (χ0v) is 14.9. The van der Waals surface area contributed by atoms with Crippen molar-refractivity contribution in [1.82, 2.24) is 10.6 Å². The van der Waals surface area contributed by atoms with E-state index in [1.165, 1.54) is 14.1 Å². The number of nitrogens with one attached hydrogen (secondary N) is 2. The Morgan fingerprint density at radius 3 is 1.71 bits per heavy atom. The highest BCUT2D eigenvalue weighted by molar-refractivity contribution is 5.74. The predicted octanol–water partition coefficient (Wildman–Crippen LogP) is 2.59. The molecule has 0 saturated carbocycles. The van der Waals surface area contributed by atoms with Crippen molar-refractivity contribution in [2.45, 2.75) is 0 Å². The van der Waals surface area contributed by atoms with E-state index < -0.39 is 0 Å². The van der Waals surface area contributed by atoms with Crippen LogP contribution in [0.25, 0.3) is 0 Å². The molecule has 0 aromatic rings. The van der Waals surface area contributed by atoms with Gasteiger partial charge in [0, 0.05) is 13.1 Å². The summed E-state index contributed by atoms with van der Waals surface area (Å²) in [5.74, 6) is 0. The van der Waals surface area contributed by atoms with Crippen LogP contribution in [0.4, 0.5) is 4.79 Å². The van der Waals surface area contributed by atoms with Gasteiger partial charge in [0.1, 0.15) is 0 Å². The Morgan fingerprint density at radius 1 is 0.833 bits per heavy atom. The van der Waals surface area contributed by atoms with Crippen molar-refractivity contribution in [2.24, 2.45) is 11.5 Å². The second kappa shape index (κ2) is 22.6. The highest BCUT2D eigenvalue weighted by Gasteiger charge is 2.00. The van der Waals surface area contributed by atoms with Gasteiger partial charge in [-0.2, -0.15) is 0 Å². The van der Waals surface area contributed by atoms with Crippen LogP contribution in [-0.2, 0) is 0 Å². The van der Waals surface area contributed by atoms with E-state index in [-0.39, 0.29) is 6.03 Å². The summed E-state index contributed by atoms with van der Waals surface area (Å²) < 4.78 is 0. The number of hydrogen-bond acceptors (Lipinski definition) is 3. The number of urea groups is 1. The topological polar surface area (TPSA) is 93.2 Å². The zero-order valence-electron chi connectivity index (χ0n) is 14.9. The van der Waals surface area contributed by atoms with Gasteiger partial charge in [0.05, 0.1) is 0 Å². The van der Waals surface area contributed by atoms with Crippen molar-refractivity contribution in [2.75, 3.05) is 27.2 Å². The Bertz CT molecular complexity index is 460. The molecule has 0 aromatic carbocycles. The molecule has 0 rings (SSSR count). The van der Waals surface area contributed by atoms with Crippen LogP contribution in [0.1, 0.15) is 0 Å². The van der Waals surface area contributed by atoms with Gasteiger partial charge >= 0.3 is 6.03 Å². The van der Waals surface area contributed by atoms with Crippen LogP contribution in [-0.4, -0.2) is 33.2 Å². The van der Waals surface area contributed by atoms with Gasteiger partial charge in [-0.1, -0.05) is 74.9 Å². The van der Waals surface area contributed by atoms with Crippen molar-refractivity contribution in [3.05, 3.63) is 86.1 Å². The van der Waals surface area contributed by atoms with E-state index in [0.717, 1.165) is 11.1 Å². The number of hydrogen-bond donors (Lipinski definition) is 4.